The average Bonchev–Trinajstić information content (AvgIpc) is 2.30. The molecule has 0 bridgehead atoms. The third-order valence-electron chi connectivity index (χ3n) is 2.46. The molecule has 0 spiro atoms. The van der Waals surface area contributed by atoms with Gasteiger partial charge >= 0.3 is 0 Å². The Bertz CT molecular complexity index is 307. The van der Waals surface area contributed by atoms with E-state index in [4.69, 9.17) is 4.74 Å². The maximum Gasteiger partial charge on any atom is 0.167 e. The molecule has 1 aliphatic rings. The van der Waals surface area contributed by atoms with Gasteiger partial charge in [0.1, 0.15) is 0 Å². The van der Waals surface area contributed by atoms with Crippen LogP contribution in [0.15, 0.2) is 18.5 Å². The summed E-state index contributed by atoms with van der Waals surface area (Å²) in [4.78, 5) is 11.9. The molecule has 0 unspecified atom stereocenters. The van der Waals surface area contributed by atoms with Gasteiger partial charge in [-0.15, -0.1) is 0 Å². The molecule has 14 heavy (non-hydrogen) atoms. The van der Waals surface area contributed by atoms with Crippen LogP contribution in [0.4, 0.5) is 0 Å². The molecule has 2 heterocycles. The van der Waals surface area contributed by atoms with Gasteiger partial charge in [-0.05, 0) is 18.9 Å². The monoisotopic (exact) mass is 192 g/mol. The van der Waals surface area contributed by atoms with Crippen LogP contribution in [0, 0.1) is 5.92 Å². The first-order valence-corrected chi connectivity index (χ1v) is 4.76. The van der Waals surface area contributed by atoms with Gasteiger partial charge in [-0.3, -0.25) is 4.79 Å². The summed E-state index contributed by atoms with van der Waals surface area (Å²) in [6, 6.07) is 1.71. The number of Topliss-reactive ketones (excluding diaryl/α,β-unsaturated/α-hetero) is 1. The second-order valence-corrected chi connectivity index (χ2v) is 3.38. The maximum atomic E-state index is 11.9. The molecule has 1 aromatic heterocycles. The Morgan fingerprint density at radius 1 is 1.36 bits per heavy atom. The molecule has 0 aliphatic carbocycles. The topological polar surface area (TPSA) is 52.1 Å². The molecule has 0 aromatic carbocycles. The van der Waals surface area contributed by atoms with Gasteiger partial charge in [0.2, 0.25) is 0 Å². The third kappa shape index (κ3) is 1.96. The molecule has 1 saturated heterocycles. The Balaban J connectivity index is 2.07. The summed E-state index contributed by atoms with van der Waals surface area (Å²) >= 11 is 0. The van der Waals surface area contributed by atoms with E-state index in [-0.39, 0.29) is 11.7 Å². The van der Waals surface area contributed by atoms with Crippen LogP contribution < -0.4 is 0 Å². The SMILES string of the molecule is O=C(c1ccnnc1)C1CCOCC1. The smallest absolute Gasteiger partial charge is 0.167 e. The molecule has 0 atom stereocenters. The number of nitrogens with zero attached hydrogens (tertiary/aromatic N) is 2. The van der Waals surface area contributed by atoms with Gasteiger partial charge in [0.15, 0.2) is 5.78 Å². The molecular formula is C10H12N2O2. The Morgan fingerprint density at radius 3 is 2.79 bits per heavy atom. The molecule has 2 rings (SSSR count). The van der Waals surface area contributed by atoms with Crippen molar-refractivity contribution in [3.05, 3.63) is 24.0 Å². The molecule has 4 nitrogen and oxygen atoms in total. The lowest BCUT2D eigenvalue weighted by Crippen LogP contribution is -2.23. The molecular weight excluding hydrogens is 180 g/mol. The molecule has 1 aliphatic heterocycles. The van der Waals surface area contributed by atoms with Crippen LogP contribution >= 0.6 is 0 Å². The average molecular weight is 192 g/mol. The highest BCUT2D eigenvalue weighted by Crippen LogP contribution is 2.19. The molecule has 74 valence electrons. The summed E-state index contributed by atoms with van der Waals surface area (Å²) < 4.78 is 5.21. The van der Waals surface area contributed by atoms with Crippen molar-refractivity contribution in [2.45, 2.75) is 12.8 Å². The molecule has 0 amide bonds. The van der Waals surface area contributed by atoms with Crippen LogP contribution in [0.2, 0.25) is 0 Å². The summed E-state index contributed by atoms with van der Waals surface area (Å²) in [6.07, 6.45) is 4.71. The number of rotatable bonds is 2. The first kappa shape index (κ1) is 9.27. The normalized spacial score (nSPS) is 18.0. The predicted molar refractivity (Wildman–Crippen MR) is 49.9 cm³/mol. The van der Waals surface area contributed by atoms with Crippen molar-refractivity contribution < 1.29 is 9.53 Å². The first-order valence-electron chi connectivity index (χ1n) is 4.76. The summed E-state index contributed by atoms with van der Waals surface area (Å²) in [5.41, 5.74) is 0.659. The predicted octanol–water partition coefficient (Wildman–Crippen LogP) is 1.09. The van der Waals surface area contributed by atoms with Gasteiger partial charge in [-0.25, -0.2) is 0 Å². The highest BCUT2D eigenvalue weighted by molar-refractivity contribution is 5.97. The van der Waals surface area contributed by atoms with E-state index < -0.39 is 0 Å². The van der Waals surface area contributed by atoms with Crippen LogP contribution in [-0.2, 0) is 4.74 Å². The van der Waals surface area contributed by atoms with E-state index in [1.807, 2.05) is 0 Å². The Labute approximate surface area is 82.3 Å². The molecule has 0 saturated carbocycles. The summed E-state index contributed by atoms with van der Waals surface area (Å²) in [6.45, 7) is 1.38. The zero-order valence-corrected chi connectivity index (χ0v) is 7.85. The minimum atomic E-state index is 0.105. The van der Waals surface area contributed by atoms with Crippen LogP contribution in [0.25, 0.3) is 0 Å². The summed E-state index contributed by atoms with van der Waals surface area (Å²) in [7, 11) is 0. The molecule has 1 aromatic rings. The van der Waals surface area contributed by atoms with E-state index in [1.165, 1.54) is 6.20 Å². The van der Waals surface area contributed by atoms with Crippen molar-refractivity contribution >= 4 is 5.78 Å². The Kier molecular flexibility index (Phi) is 2.84. The van der Waals surface area contributed by atoms with Crippen LogP contribution in [0.5, 0.6) is 0 Å². The van der Waals surface area contributed by atoms with E-state index in [9.17, 15) is 4.79 Å². The van der Waals surface area contributed by atoms with Gasteiger partial charge in [0, 0.05) is 24.7 Å². The number of carbonyl (C=O) groups excluding carboxylic acids is 1. The molecule has 0 N–H and O–H groups in total. The van der Waals surface area contributed by atoms with Crippen molar-refractivity contribution in [3.8, 4) is 0 Å². The highest BCUT2D eigenvalue weighted by atomic mass is 16.5. The van der Waals surface area contributed by atoms with Crippen molar-refractivity contribution in [1.29, 1.82) is 0 Å². The fourth-order valence-electron chi connectivity index (χ4n) is 1.63. The van der Waals surface area contributed by atoms with Gasteiger partial charge in [0.25, 0.3) is 0 Å². The summed E-state index contributed by atoms with van der Waals surface area (Å²) in [5, 5.41) is 7.34. The zero-order chi connectivity index (χ0) is 9.80. The number of ether oxygens (including phenoxy) is 1. The van der Waals surface area contributed by atoms with Crippen molar-refractivity contribution in [2.75, 3.05) is 13.2 Å². The number of hydrogen-bond acceptors (Lipinski definition) is 4. The number of ketones is 1. The summed E-state index contributed by atoms with van der Waals surface area (Å²) in [5.74, 6) is 0.274. The lowest BCUT2D eigenvalue weighted by atomic mass is 9.92. The third-order valence-corrected chi connectivity index (χ3v) is 2.46. The lowest BCUT2D eigenvalue weighted by Gasteiger charge is -2.20. The van der Waals surface area contributed by atoms with E-state index in [2.05, 4.69) is 10.2 Å². The first-order chi connectivity index (χ1) is 6.88. The fourth-order valence-corrected chi connectivity index (χ4v) is 1.63. The zero-order valence-electron chi connectivity index (χ0n) is 7.85. The van der Waals surface area contributed by atoms with Gasteiger partial charge in [-0.2, -0.15) is 10.2 Å². The lowest BCUT2D eigenvalue weighted by molar-refractivity contribution is 0.0544. The van der Waals surface area contributed by atoms with Crippen LogP contribution in [0.3, 0.4) is 0 Å². The number of carbonyl (C=O) groups is 1. The van der Waals surface area contributed by atoms with Crippen molar-refractivity contribution in [3.63, 3.8) is 0 Å². The van der Waals surface area contributed by atoms with Crippen molar-refractivity contribution in [2.24, 2.45) is 5.92 Å². The van der Waals surface area contributed by atoms with Crippen LogP contribution in [-0.4, -0.2) is 29.2 Å². The Hall–Kier alpha value is -1.29. The fraction of sp³-hybridized carbons (Fsp3) is 0.500. The quantitative estimate of drug-likeness (QED) is 0.658. The Morgan fingerprint density at radius 2 is 2.14 bits per heavy atom. The van der Waals surface area contributed by atoms with E-state index in [1.54, 1.807) is 12.3 Å². The number of hydrogen-bond donors (Lipinski definition) is 0. The largest absolute Gasteiger partial charge is 0.381 e. The van der Waals surface area contributed by atoms with Gasteiger partial charge in [-0.1, -0.05) is 0 Å². The van der Waals surface area contributed by atoms with E-state index >= 15 is 0 Å². The molecule has 0 radical (unpaired) electrons. The second-order valence-electron chi connectivity index (χ2n) is 3.38. The van der Waals surface area contributed by atoms with Gasteiger partial charge < -0.3 is 4.74 Å². The standard InChI is InChI=1S/C10H12N2O2/c13-10(8-2-5-14-6-3-8)9-1-4-11-12-7-9/h1,4,7-8H,2-3,5-6H2. The van der Waals surface area contributed by atoms with E-state index in [0.29, 0.717) is 18.8 Å². The number of aromatic nitrogens is 2. The molecule has 1 fully saturated rings. The van der Waals surface area contributed by atoms with E-state index in [0.717, 1.165) is 12.8 Å². The minimum absolute atomic E-state index is 0.105. The van der Waals surface area contributed by atoms with Gasteiger partial charge in [0.05, 0.1) is 12.4 Å². The van der Waals surface area contributed by atoms with Crippen molar-refractivity contribution in [1.82, 2.24) is 10.2 Å². The maximum absolute atomic E-state index is 11.9. The molecule has 4 heteroatoms. The second kappa shape index (κ2) is 4.28. The minimum Gasteiger partial charge on any atom is -0.381 e. The van der Waals surface area contributed by atoms with Crippen LogP contribution in [0.1, 0.15) is 23.2 Å². The highest BCUT2D eigenvalue weighted by Gasteiger charge is 2.22.